The van der Waals surface area contributed by atoms with Crippen LogP contribution in [0.2, 0.25) is 0 Å². The molecule has 0 bridgehead atoms. The highest BCUT2D eigenvalue weighted by Crippen LogP contribution is 2.04. The number of nitrogens with zero attached hydrogens (tertiary/aromatic N) is 2. The predicted octanol–water partition coefficient (Wildman–Crippen LogP) is -0.896. The molecule has 8 nitrogen and oxygen atoms in total. The van der Waals surface area contributed by atoms with Crippen LogP contribution in [-0.4, -0.2) is 127 Å². The van der Waals surface area contributed by atoms with Crippen LogP contribution in [0, 0.1) is 0 Å². The molecule has 0 aromatic carbocycles. The van der Waals surface area contributed by atoms with Crippen LogP contribution in [0.25, 0.3) is 0 Å². The average Bonchev–Trinajstić information content (AvgIpc) is 2.77. The molecule has 0 aromatic heterocycles. The van der Waals surface area contributed by atoms with Crippen molar-refractivity contribution in [1.82, 2.24) is 41.7 Å². The normalized spacial score (nSPS) is 25.8. The second-order valence-corrected chi connectivity index (χ2v) is 9.10. The molecule has 1 unspecified atom stereocenters. The largest absolute Gasteiger partial charge is 0.315 e. The van der Waals surface area contributed by atoms with E-state index >= 15 is 0 Å². The average molecular weight is 441 g/mol. The van der Waals surface area contributed by atoms with Crippen molar-refractivity contribution in [3.8, 4) is 0 Å². The van der Waals surface area contributed by atoms with E-state index < -0.39 is 0 Å². The molecule has 1 atom stereocenters. The molecular formula is C23H52N8. The van der Waals surface area contributed by atoms with Gasteiger partial charge < -0.3 is 36.8 Å². The van der Waals surface area contributed by atoms with E-state index in [1.165, 1.54) is 45.3 Å². The van der Waals surface area contributed by atoms with Crippen LogP contribution in [0.1, 0.15) is 32.6 Å². The minimum absolute atomic E-state index is 0.590. The maximum Gasteiger partial charge on any atom is 0.0195 e. The predicted molar refractivity (Wildman–Crippen MR) is 133 cm³/mol. The molecule has 0 aliphatic carbocycles. The summed E-state index contributed by atoms with van der Waals surface area (Å²) in [6, 6.07) is 0.590. The van der Waals surface area contributed by atoms with Gasteiger partial charge in [0.1, 0.15) is 0 Å². The Kier molecular flexibility index (Phi) is 16.7. The second kappa shape index (κ2) is 19.2. The second-order valence-electron chi connectivity index (χ2n) is 9.10. The molecule has 6 N–H and O–H groups in total. The Morgan fingerprint density at radius 2 is 0.935 bits per heavy atom. The van der Waals surface area contributed by atoms with Gasteiger partial charge in [0.2, 0.25) is 0 Å². The Hall–Kier alpha value is -0.320. The third kappa shape index (κ3) is 14.4. The highest BCUT2D eigenvalue weighted by atomic mass is 15.2. The van der Waals surface area contributed by atoms with Crippen molar-refractivity contribution in [2.45, 2.75) is 38.6 Å². The van der Waals surface area contributed by atoms with Crippen molar-refractivity contribution in [3.63, 3.8) is 0 Å². The molecule has 184 valence electrons. The molecule has 0 aromatic rings. The highest BCUT2D eigenvalue weighted by molar-refractivity contribution is 4.75. The lowest BCUT2D eigenvalue weighted by molar-refractivity contribution is 0.145. The van der Waals surface area contributed by atoms with Gasteiger partial charge in [-0.15, -0.1) is 0 Å². The van der Waals surface area contributed by atoms with Crippen molar-refractivity contribution in [2.24, 2.45) is 0 Å². The summed E-state index contributed by atoms with van der Waals surface area (Å²) < 4.78 is 0. The van der Waals surface area contributed by atoms with Crippen LogP contribution in [0.5, 0.6) is 0 Å². The topological polar surface area (TPSA) is 78.7 Å². The van der Waals surface area contributed by atoms with Gasteiger partial charge in [-0.3, -0.25) is 4.90 Å². The summed E-state index contributed by atoms with van der Waals surface area (Å²) in [6.45, 7) is 21.5. The van der Waals surface area contributed by atoms with Crippen LogP contribution in [0.15, 0.2) is 0 Å². The van der Waals surface area contributed by atoms with Gasteiger partial charge in [-0.05, 0) is 85.0 Å². The summed E-state index contributed by atoms with van der Waals surface area (Å²) >= 11 is 0. The first-order valence-electron chi connectivity index (χ1n) is 13.1. The van der Waals surface area contributed by atoms with Crippen LogP contribution in [0.3, 0.4) is 0 Å². The Morgan fingerprint density at radius 1 is 0.484 bits per heavy atom. The minimum Gasteiger partial charge on any atom is -0.315 e. The van der Waals surface area contributed by atoms with Gasteiger partial charge >= 0.3 is 0 Å². The molecule has 0 saturated carbocycles. The zero-order valence-corrected chi connectivity index (χ0v) is 20.3. The van der Waals surface area contributed by atoms with Crippen LogP contribution in [-0.2, 0) is 0 Å². The van der Waals surface area contributed by atoms with E-state index in [0.29, 0.717) is 6.04 Å². The minimum atomic E-state index is 0.590. The van der Waals surface area contributed by atoms with E-state index in [1.54, 1.807) is 0 Å². The lowest BCUT2D eigenvalue weighted by atomic mass is 10.2. The van der Waals surface area contributed by atoms with E-state index in [4.69, 9.17) is 0 Å². The lowest BCUT2D eigenvalue weighted by Gasteiger charge is -2.34. The van der Waals surface area contributed by atoms with Crippen molar-refractivity contribution in [2.75, 3.05) is 111 Å². The van der Waals surface area contributed by atoms with E-state index in [-0.39, 0.29) is 0 Å². The number of nitrogens with one attached hydrogen (secondary N) is 6. The SMILES string of the molecule is CC(CN1CCCNCCNCCCNCC1)N1CCCNCCNCCCNCC1. The monoisotopic (exact) mass is 440 g/mol. The van der Waals surface area contributed by atoms with Gasteiger partial charge in [0.25, 0.3) is 0 Å². The number of hydrogen-bond donors (Lipinski definition) is 6. The van der Waals surface area contributed by atoms with Crippen LogP contribution >= 0.6 is 0 Å². The zero-order valence-electron chi connectivity index (χ0n) is 20.3. The molecule has 2 fully saturated rings. The van der Waals surface area contributed by atoms with E-state index in [0.717, 1.165) is 91.6 Å². The molecule has 31 heavy (non-hydrogen) atoms. The summed E-state index contributed by atoms with van der Waals surface area (Å²) in [5.41, 5.74) is 0. The molecule has 2 heterocycles. The fourth-order valence-corrected chi connectivity index (χ4v) is 4.41. The Labute approximate surface area is 192 Å². The Bertz CT molecular complexity index is 370. The van der Waals surface area contributed by atoms with Gasteiger partial charge in [-0.1, -0.05) is 0 Å². The van der Waals surface area contributed by atoms with Gasteiger partial charge in [0.15, 0.2) is 0 Å². The van der Waals surface area contributed by atoms with E-state index in [1.807, 2.05) is 0 Å². The highest BCUT2D eigenvalue weighted by Gasteiger charge is 2.17. The smallest absolute Gasteiger partial charge is 0.0195 e. The van der Waals surface area contributed by atoms with E-state index in [9.17, 15) is 0 Å². The first-order chi connectivity index (χ1) is 15.4. The quantitative estimate of drug-likeness (QED) is 0.337. The van der Waals surface area contributed by atoms with Gasteiger partial charge in [-0.25, -0.2) is 0 Å². The Morgan fingerprint density at radius 3 is 1.52 bits per heavy atom. The Balaban J connectivity index is 1.79. The van der Waals surface area contributed by atoms with Gasteiger partial charge in [-0.2, -0.15) is 0 Å². The molecule has 2 saturated heterocycles. The van der Waals surface area contributed by atoms with Gasteiger partial charge in [0.05, 0.1) is 0 Å². The third-order valence-corrected chi connectivity index (χ3v) is 6.32. The summed E-state index contributed by atoms with van der Waals surface area (Å²) in [7, 11) is 0. The summed E-state index contributed by atoms with van der Waals surface area (Å²) in [6.07, 6.45) is 4.87. The molecule has 0 radical (unpaired) electrons. The first-order valence-corrected chi connectivity index (χ1v) is 13.1. The lowest BCUT2D eigenvalue weighted by Crippen LogP contribution is -2.47. The van der Waals surface area contributed by atoms with Gasteiger partial charge in [0, 0.05) is 64.9 Å². The fraction of sp³-hybridized carbons (Fsp3) is 1.00. The zero-order chi connectivity index (χ0) is 21.8. The first kappa shape index (κ1) is 26.9. The standard InChI is InChI=1S/C23H52N8/c1-23(31-19-5-11-27-15-13-25-7-3-9-29-17-21-31)22-30-18-4-10-26-14-12-24-6-2-8-28-16-20-30/h23-29H,2-22H2,1H3. The number of hydrogen-bond acceptors (Lipinski definition) is 8. The maximum atomic E-state index is 3.65. The van der Waals surface area contributed by atoms with Crippen molar-refractivity contribution in [3.05, 3.63) is 0 Å². The summed E-state index contributed by atoms with van der Waals surface area (Å²) in [5, 5.41) is 21.5. The molecule has 0 amide bonds. The number of rotatable bonds is 3. The van der Waals surface area contributed by atoms with E-state index in [2.05, 4.69) is 48.6 Å². The molecule has 0 spiro atoms. The molecule has 8 heteroatoms. The third-order valence-electron chi connectivity index (χ3n) is 6.32. The van der Waals surface area contributed by atoms with Crippen LogP contribution in [0.4, 0.5) is 0 Å². The molecule has 2 aliphatic rings. The summed E-state index contributed by atoms with van der Waals surface area (Å²) in [4.78, 5) is 5.40. The van der Waals surface area contributed by atoms with Crippen molar-refractivity contribution in [1.29, 1.82) is 0 Å². The van der Waals surface area contributed by atoms with Crippen molar-refractivity contribution >= 4 is 0 Å². The molecular weight excluding hydrogens is 388 g/mol. The maximum absolute atomic E-state index is 3.65. The van der Waals surface area contributed by atoms with Crippen molar-refractivity contribution < 1.29 is 0 Å². The van der Waals surface area contributed by atoms with Crippen LogP contribution < -0.4 is 31.9 Å². The summed E-state index contributed by atoms with van der Waals surface area (Å²) in [5.74, 6) is 0. The fourth-order valence-electron chi connectivity index (χ4n) is 4.41. The molecule has 2 rings (SSSR count). The molecule has 2 aliphatic heterocycles.